The largest absolute Gasteiger partial charge is 0.363 e. The smallest absolute Gasteiger partial charge is 0.143 e. The lowest BCUT2D eigenvalue weighted by Gasteiger charge is -2.14. The van der Waals surface area contributed by atoms with Crippen LogP contribution in [-0.4, -0.2) is 24.9 Å². The average molecular weight is 254 g/mol. The number of hydrogen-bond donors (Lipinski definition) is 2. The zero-order valence-corrected chi connectivity index (χ0v) is 10.8. The first-order valence-electron chi connectivity index (χ1n) is 6.06. The van der Waals surface area contributed by atoms with Gasteiger partial charge in [-0.1, -0.05) is 0 Å². The van der Waals surface area contributed by atoms with E-state index in [0.717, 1.165) is 28.1 Å². The van der Waals surface area contributed by atoms with Crippen molar-refractivity contribution in [3.63, 3.8) is 0 Å². The first-order chi connectivity index (χ1) is 9.24. The Labute approximate surface area is 110 Å². The molecule has 0 aliphatic rings. The molecule has 96 valence electrons. The third-order valence-corrected chi connectivity index (χ3v) is 2.99. The molecule has 0 bridgehead atoms. The van der Waals surface area contributed by atoms with Crippen LogP contribution in [0.3, 0.4) is 0 Å². The number of aromatic amines is 1. The van der Waals surface area contributed by atoms with Crippen LogP contribution in [0, 0.1) is 6.92 Å². The highest BCUT2D eigenvalue weighted by molar-refractivity contribution is 5.87. The van der Waals surface area contributed by atoms with Crippen molar-refractivity contribution in [1.82, 2.24) is 24.9 Å². The summed E-state index contributed by atoms with van der Waals surface area (Å²) in [6.45, 7) is 4.05. The second-order valence-electron chi connectivity index (χ2n) is 4.47. The minimum Gasteiger partial charge on any atom is -0.363 e. The Kier molecular flexibility index (Phi) is 2.83. The van der Waals surface area contributed by atoms with Crippen LogP contribution in [0.2, 0.25) is 0 Å². The maximum absolute atomic E-state index is 4.30. The molecule has 6 heteroatoms. The van der Waals surface area contributed by atoms with E-state index in [4.69, 9.17) is 0 Å². The van der Waals surface area contributed by atoms with Gasteiger partial charge in [0.2, 0.25) is 0 Å². The molecule has 19 heavy (non-hydrogen) atoms. The number of hydrogen-bond acceptors (Lipinski definition) is 5. The standard InChI is InChI=1S/C13H14N6/c1-8-3-11-12(18-8)16-7-17-13(11)19-9(2)10-4-14-6-15-5-10/h3-7,9H,1-2H3,(H2,16,17,18,19)/t9-/m1/s1. The van der Waals surface area contributed by atoms with Gasteiger partial charge in [-0.2, -0.15) is 0 Å². The van der Waals surface area contributed by atoms with Gasteiger partial charge in [-0.3, -0.25) is 0 Å². The van der Waals surface area contributed by atoms with Crippen molar-refractivity contribution in [3.8, 4) is 0 Å². The van der Waals surface area contributed by atoms with Crippen molar-refractivity contribution in [3.05, 3.63) is 42.4 Å². The number of aryl methyl sites for hydroxylation is 1. The van der Waals surface area contributed by atoms with Crippen molar-refractivity contribution in [2.24, 2.45) is 0 Å². The fourth-order valence-corrected chi connectivity index (χ4v) is 2.01. The van der Waals surface area contributed by atoms with Crippen LogP contribution in [-0.2, 0) is 0 Å². The summed E-state index contributed by atoms with van der Waals surface area (Å²) in [6.07, 6.45) is 6.67. The van der Waals surface area contributed by atoms with Gasteiger partial charge in [0.1, 0.15) is 24.1 Å². The summed E-state index contributed by atoms with van der Waals surface area (Å²) in [6, 6.07) is 2.11. The molecule has 1 atom stereocenters. The number of fused-ring (bicyclic) bond motifs is 1. The van der Waals surface area contributed by atoms with Crippen LogP contribution < -0.4 is 5.32 Å². The fourth-order valence-electron chi connectivity index (χ4n) is 2.01. The third kappa shape index (κ3) is 2.24. The molecular formula is C13H14N6. The van der Waals surface area contributed by atoms with Gasteiger partial charge < -0.3 is 10.3 Å². The Morgan fingerprint density at radius 2 is 1.95 bits per heavy atom. The second-order valence-corrected chi connectivity index (χ2v) is 4.47. The number of aromatic nitrogens is 5. The maximum Gasteiger partial charge on any atom is 0.143 e. The Balaban J connectivity index is 1.93. The van der Waals surface area contributed by atoms with Gasteiger partial charge >= 0.3 is 0 Å². The van der Waals surface area contributed by atoms with E-state index in [2.05, 4.69) is 30.2 Å². The van der Waals surface area contributed by atoms with Crippen LogP contribution in [0.5, 0.6) is 0 Å². The van der Waals surface area contributed by atoms with Gasteiger partial charge in [-0.05, 0) is 19.9 Å². The predicted octanol–water partition coefficient (Wildman–Crippen LogP) is 2.23. The van der Waals surface area contributed by atoms with Gasteiger partial charge in [0.15, 0.2) is 0 Å². The first kappa shape index (κ1) is 11.6. The van der Waals surface area contributed by atoms with Crippen LogP contribution in [0.1, 0.15) is 24.2 Å². The van der Waals surface area contributed by atoms with Crippen LogP contribution in [0.15, 0.2) is 31.1 Å². The fraction of sp³-hybridized carbons (Fsp3) is 0.231. The number of H-pyrrole nitrogens is 1. The van der Waals surface area contributed by atoms with Crippen molar-refractivity contribution in [1.29, 1.82) is 0 Å². The summed E-state index contributed by atoms with van der Waals surface area (Å²) in [5, 5.41) is 4.35. The van der Waals surface area contributed by atoms with Crippen molar-refractivity contribution < 1.29 is 0 Å². The SMILES string of the molecule is Cc1cc2c(N[C@H](C)c3cncnc3)ncnc2[nH]1. The lowest BCUT2D eigenvalue weighted by molar-refractivity contribution is 0.855. The molecule has 0 aliphatic heterocycles. The lowest BCUT2D eigenvalue weighted by Crippen LogP contribution is -2.09. The third-order valence-electron chi connectivity index (χ3n) is 2.99. The summed E-state index contributed by atoms with van der Waals surface area (Å²) >= 11 is 0. The first-order valence-corrected chi connectivity index (χ1v) is 6.06. The number of nitrogens with one attached hydrogen (secondary N) is 2. The molecule has 0 spiro atoms. The van der Waals surface area contributed by atoms with Crippen LogP contribution in [0.4, 0.5) is 5.82 Å². The van der Waals surface area contributed by atoms with Gasteiger partial charge in [0, 0.05) is 23.7 Å². The molecule has 3 heterocycles. The molecule has 3 rings (SSSR count). The quantitative estimate of drug-likeness (QED) is 0.749. The summed E-state index contributed by atoms with van der Waals surface area (Å²) in [5.41, 5.74) is 2.92. The summed E-state index contributed by atoms with van der Waals surface area (Å²) in [7, 11) is 0. The van der Waals surface area contributed by atoms with Gasteiger partial charge in [-0.15, -0.1) is 0 Å². The molecule has 0 amide bonds. The topological polar surface area (TPSA) is 79.4 Å². The highest BCUT2D eigenvalue weighted by Crippen LogP contribution is 2.23. The summed E-state index contributed by atoms with van der Waals surface area (Å²) < 4.78 is 0. The molecule has 0 saturated heterocycles. The van der Waals surface area contributed by atoms with Crippen LogP contribution >= 0.6 is 0 Å². The van der Waals surface area contributed by atoms with Gasteiger partial charge in [0.05, 0.1) is 11.4 Å². The molecule has 2 N–H and O–H groups in total. The Morgan fingerprint density at radius 3 is 2.74 bits per heavy atom. The minimum atomic E-state index is 0.0782. The number of nitrogens with zero attached hydrogens (tertiary/aromatic N) is 4. The van der Waals surface area contributed by atoms with E-state index in [9.17, 15) is 0 Å². The average Bonchev–Trinajstić information content (AvgIpc) is 2.81. The van der Waals surface area contributed by atoms with Crippen LogP contribution in [0.25, 0.3) is 11.0 Å². The lowest BCUT2D eigenvalue weighted by atomic mass is 10.2. The number of anilines is 1. The van der Waals surface area contributed by atoms with E-state index >= 15 is 0 Å². The summed E-state index contributed by atoms with van der Waals surface area (Å²) in [5.74, 6) is 0.811. The molecule has 3 aromatic rings. The normalized spacial score (nSPS) is 12.5. The summed E-state index contributed by atoms with van der Waals surface area (Å²) in [4.78, 5) is 19.8. The highest BCUT2D eigenvalue weighted by atomic mass is 15.1. The van der Waals surface area contributed by atoms with E-state index in [-0.39, 0.29) is 6.04 Å². The van der Waals surface area contributed by atoms with E-state index < -0.39 is 0 Å². The maximum atomic E-state index is 4.30. The van der Waals surface area contributed by atoms with E-state index in [1.54, 1.807) is 18.7 Å². The van der Waals surface area contributed by atoms with Crippen molar-refractivity contribution in [2.75, 3.05) is 5.32 Å². The number of rotatable bonds is 3. The Morgan fingerprint density at radius 1 is 1.16 bits per heavy atom. The van der Waals surface area contributed by atoms with Crippen molar-refractivity contribution in [2.45, 2.75) is 19.9 Å². The molecule has 3 aromatic heterocycles. The molecule has 0 aliphatic carbocycles. The molecule has 0 unspecified atom stereocenters. The Hall–Kier alpha value is -2.50. The van der Waals surface area contributed by atoms with E-state index in [0.29, 0.717) is 0 Å². The molecule has 0 radical (unpaired) electrons. The van der Waals surface area contributed by atoms with E-state index in [1.807, 2.05) is 19.9 Å². The van der Waals surface area contributed by atoms with Gasteiger partial charge in [-0.25, -0.2) is 19.9 Å². The predicted molar refractivity (Wildman–Crippen MR) is 72.7 cm³/mol. The molecule has 6 nitrogen and oxygen atoms in total. The molecule has 0 fully saturated rings. The van der Waals surface area contributed by atoms with Crippen molar-refractivity contribution >= 4 is 16.9 Å². The molecule has 0 aromatic carbocycles. The zero-order chi connectivity index (χ0) is 13.2. The molecule has 0 saturated carbocycles. The monoisotopic (exact) mass is 254 g/mol. The van der Waals surface area contributed by atoms with E-state index in [1.165, 1.54) is 6.33 Å². The second kappa shape index (κ2) is 4.64. The van der Waals surface area contributed by atoms with Gasteiger partial charge in [0.25, 0.3) is 0 Å². The zero-order valence-electron chi connectivity index (χ0n) is 10.8. The Bertz CT molecular complexity index is 691. The molecular weight excluding hydrogens is 240 g/mol. The highest BCUT2D eigenvalue weighted by Gasteiger charge is 2.10. The minimum absolute atomic E-state index is 0.0782.